The average Bonchev–Trinajstić information content (AvgIpc) is 3.02. The van der Waals surface area contributed by atoms with Gasteiger partial charge in [-0.15, -0.1) is 0 Å². The topological polar surface area (TPSA) is 55.7 Å². The smallest absolute Gasteiger partial charge is 0.318 e. The number of ketones is 1. The van der Waals surface area contributed by atoms with Crippen LogP contribution >= 0.6 is 0 Å². The van der Waals surface area contributed by atoms with Crippen molar-refractivity contribution in [3.8, 4) is 0 Å². The number of fused-ring (bicyclic) bond motifs is 7. The molecule has 4 heteroatoms. The third-order valence-electron chi connectivity index (χ3n) is 10.9. The molecular formula is C27H39NO3. The Balaban J connectivity index is 1.46. The Morgan fingerprint density at radius 1 is 1.00 bits per heavy atom. The largest absolute Gasteiger partial charge is 0.331 e. The van der Waals surface area contributed by atoms with Crippen LogP contribution in [0, 0.1) is 39.9 Å². The molecule has 0 spiro atoms. The van der Waals surface area contributed by atoms with Crippen LogP contribution in [0.5, 0.6) is 0 Å². The highest BCUT2D eigenvalue weighted by Crippen LogP contribution is 2.74. The van der Waals surface area contributed by atoms with Crippen LogP contribution in [-0.4, -0.2) is 17.5 Å². The van der Waals surface area contributed by atoms with Gasteiger partial charge in [0.05, 0.1) is 5.71 Å². The summed E-state index contributed by atoms with van der Waals surface area (Å²) in [7, 11) is 0. The summed E-state index contributed by atoms with van der Waals surface area (Å²) in [5.74, 6) is 2.92. The summed E-state index contributed by atoms with van der Waals surface area (Å²) in [5, 5.41) is 4.10. The minimum Gasteiger partial charge on any atom is -0.318 e. The third-order valence-corrected chi connectivity index (χ3v) is 10.9. The second-order valence-corrected chi connectivity index (χ2v) is 11.8. The summed E-state index contributed by atoms with van der Waals surface area (Å²) in [6.07, 6.45) is 15.3. The second kappa shape index (κ2) is 7.28. The highest BCUT2D eigenvalue weighted by atomic mass is 16.7. The number of rotatable bonds is 2. The van der Waals surface area contributed by atoms with E-state index in [0.717, 1.165) is 37.3 Å². The molecule has 0 aromatic carbocycles. The fourth-order valence-electron chi connectivity index (χ4n) is 9.56. The van der Waals surface area contributed by atoms with Gasteiger partial charge >= 0.3 is 5.97 Å². The molecule has 5 aliphatic rings. The van der Waals surface area contributed by atoms with Crippen molar-refractivity contribution in [3.63, 3.8) is 0 Å². The van der Waals surface area contributed by atoms with Crippen LogP contribution in [0.2, 0.25) is 0 Å². The molecule has 31 heavy (non-hydrogen) atoms. The minimum atomic E-state index is -0.350. The zero-order valence-corrected chi connectivity index (χ0v) is 19.8. The SMILES string of the molecule is CC(=O)ON=C1C=C2CCC3C(CCC4(C)C3CC3CCCCC34C(C)=O)C2(C)CC1. The average molecular weight is 426 g/mol. The van der Waals surface area contributed by atoms with Crippen molar-refractivity contribution in [1.82, 2.24) is 0 Å². The number of hydrogen-bond acceptors (Lipinski definition) is 4. The number of allylic oxidation sites excluding steroid dienone is 2. The van der Waals surface area contributed by atoms with Crippen LogP contribution in [0.4, 0.5) is 0 Å². The summed E-state index contributed by atoms with van der Waals surface area (Å²) in [5.41, 5.74) is 2.82. The van der Waals surface area contributed by atoms with E-state index in [1.807, 2.05) is 6.92 Å². The lowest BCUT2D eigenvalue weighted by atomic mass is 9.44. The van der Waals surface area contributed by atoms with Crippen LogP contribution in [0.25, 0.3) is 0 Å². The van der Waals surface area contributed by atoms with E-state index in [1.165, 1.54) is 57.4 Å². The van der Waals surface area contributed by atoms with Gasteiger partial charge in [-0.1, -0.05) is 37.4 Å². The van der Waals surface area contributed by atoms with Crippen molar-refractivity contribution < 1.29 is 14.4 Å². The van der Waals surface area contributed by atoms with Crippen molar-refractivity contribution in [2.24, 2.45) is 45.1 Å². The molecule has 170 valence electrons. The zero-order chi connectivity index (χ0) is 22.0. The molecule has 4 saturated carbocycles. The van der Waals surface area contributed by atoms with Gasteiger partial charge in [-0.3, -0.25) is 4.79 Å². The number of oxime groups is 1. The highest BCUT2D eigenvalue weighted by molar-refractivity contribution is 5.96. The molecule has 0 aromatic heterocycles. The van der Waals surface area contributed by atoms with Crippen molar-refractivity contribution >= 4 is 17.5 Å². The van der Waals surface area contributed by atoms with E-state index >= 15 is 0 Å². The lowest BCUT2D eigenvalue weighted by Gasteiger charge is -2.60. The number of carbonyl (C=O) groups is 2. The Morgan fingerprint density at radius 3 is 2.55 bits per heavy atom. The predicted octanol–water partition coefficient (Wildman–Crippen LogP) is 6.24. The molecule has 5 aliphatic carbocycles. The molecule has 4 nitrogen and oxygen atoms in total. The minimum absolute atomic E-state index is 0.0473. The van der Waals surface area contributed by atoms with E-state index < -0.39 is 0 Å². The predicted molar refractivity (Wildman–Crippen MR) is 121 cm³/mol. The van der Waals surface area contributed by atoms with Gasteiger partial charge in [0.2, 0.25) is 0 Å². The Hall–Kier alpha value is -1.45. The zero-order valence-electron chi connectivity index (χ0n) is 19.8. The molecule has 0 bridgehead atoms. The quantitative estimate of drug-likeness (QED) is 0.388. The molecule has 0 aliphatic heterocycles. The first kappa shape index (κ1) is 21.4. The third kappa shape index (κ3) is 2.88. The molecule has 0 radical (unpaired) electrons. The van der Waals surface area contributed by atoms with Gasteiger partial charge in [-0.25, -0.2) is 4.79 Å². The standard InChI is InChI=1S/C27H39NO3/c1-17(29)27-12-6-5-7-20(27)16-24-22-9-8-19-15-21(28-31-18(2)30)10-13-25(19,3)23(22)11-14-26(24,27)4/h15,20,22-24H,5-14,16H2,1-4H3. The molecule has 7 atom stereocenters. The lowest BCUT2D eigenvalue weighted by molar-refractivity contribution is -0.147. The molecule has 0 heterocycles. The van der Waals surface area contributed by atoms with Crippen LogP contribution < -0.4 is 0 Å². The van der Waals surface area contributed by atoms with E-state index in [9.17, 15) is 9.59 Å². The van der Waals surface area contributed by atoms with Gasteiger partial charge in [0.25, 0.3) is 0 Å². The summed E-state index contributed by atoms with van der Waals surface area (Å²) in [6.45, 7) is 8.32. The fraction of sp³-hybridized carbons (Fsp3) is 0.815. The summed E-state index contributed by atoms with van der Waals surface area (Å²) >= 11 is 0. The Labute approximate surface area is 187 Å². The number of hydrogen-bond donors (Lipinski definition) is 0. The maximum atomic E-state index is 13.2. The summed E-state index contributed by atoms with van der Waals surface area (Å²) in [6, 6.07) is 0. The first-order valence-electron chi connectivity index (χ1n) is 12.7. The summed E-state index contributed by atoms with van der Waals surface area (Å²) < 4.78 is 0. The summed E-state index contributed by atoms with van der Waals surface area (Å²) in [4.78, 5) is 29.3. The van der Waals surface area contributed by atoms with E-state index in [2.05, 4.69) is 25.1 Å². The van der Waals surface area contributed by atoms with Crippen LogP contribution in [0.3, 0.4) is 0 Å². The van der Waals surface area contributed by atoms with Crippen molar-refractivity contribution in [2.45, 2.75) is 98.3 Å². The number of nitrogens with zero attached hydrogens (tertiary/aromatic N) is 1. The highest BCUT2D eigenvalue weighted by Gasteiger charge is 2.69. The van der Waals surface area contributed by atoms with Crippen LogP contribution in [-0.2, 0) is 14.4 Å². The maximum Gasteiger partial charge on any atom is 0.331 e. The monoisotopic (exact) mass is 425 g/mol. The van der Waals surface area contributed by atoms with Gasteiger partial charge in [-0.2, -0.15) is 0 Å². The van der Waals surface area contributed by atoms with E-state index in [-0.39, 0.29) is 22.2 Å². The van der Waals surface area contributed by atoms with E-state index in [1.54, 1.807) is 0 Å². The molecule has 0 amide bonds. The molecule has 7 unspecified atom stereocenters. The molecule has 5 rings (SSSR count). The first-order chi connectivity index (χ1) is 14.7. The Bertz CT molecular complexity index is 859. The Kier molecular flexibility index (Phi) is 5.03. The molecule has 0 aromatic rings. The van der Waals surface area contributed by atoms with Gasteiger partial charge in [0, 0.05) is 12.3 Å². The molecule has 0 N–H and O–H groups in total. The van der Waals surface area contributed by atoms with Gasteiger partial charge < -0.3 is 4.84 Å². The number of carbonyl (C=O) groups excluding carboxylic acids is 2. The molecule has 4 fully saturated rings. The normalized spacial score (nSPS) is 47.5. The second-order valence-electron chi connectivity index (χ2n) is 11.8. The first-order valence-corrected chi connectivity index (χ1v) is 12.7. The molecule has 0 saturated heterocycles. The van der Waals surface area contributed by atoms with Gasteiger partial charge in [0.1, 0.15) is 5.78 Å². The van der Waals surface area contributed by atoms with Crippen molar-refractivity contribution in [3.05, 3.63) is 11.6 Å². The van der Waals surface area contributed by atoms with Gasteiger partial charge in [0.15, 0.2) is 0 Å². The Morgan fingerprint density at radius 2 is 1.81 bits per heavy atom. The van der Waals surface area contributed by atoms with E-state index in [0.29, 0.717) is 23.5 Å². The van der Waals surface area contributed by atoms with Crippen molar-refractivity contribution in [2.75, 3.05) is 0 Å². The fourth-order valence-corrected chi connectivity index (χ4v) is 9.56. The molecular weight excluding hydrogens is 386 g/mol. The van der Waals surface area contributed by atoms with Crippen molar-refractivity contribution in [1.29, 1.82) is 0 Å². The van der Waals surface area contributed by atoms with E-state index in [4.69, 9.17) is 4.84 Å². The van der Waals surface area contributed by atoms with Gasteiger partial charge in [-0.05, 0) is 105 Å². The lowest BCUT2D eigenvalue weighted by Crippen LogP contribution is -2.55. The number of Topliss-reactive ketones (excluding diaryl/α,β-unsaturated/α-hetero) is 1. The van der Waals surface area contributed by atoms with Crippen LogP contribution in [0.1, 0.15) is 98.3 Å². The maximum absolute atomic E-state index is 13.2. The van der Waals surface area contributed by atoms with Crippen LogP contribution in [0.15, 0.2) is 16.8 Å².